The van der Waals surface area contributed by atoms with Gasteiger partial charge in [0.2, 0.25) is 0 Å². The van der Waals surface area contributed by atoms with Crippen molar-refractivity contribution in [2.45, 2.75) is 334 Å². The summed E-state index contributed by atoms with van der Waals surface area (Å²) in [6, 6.07) is 0. The van der Waals surface area contributed by atoms with Gasteiger partial charge in [0.05, 0.1) is 34.4 Å². The number of quaternary nitrogens is 1. The molecule has 0 aliphatic carbocycles. The number of unbranched alkanes of at least 4 members (excludes halogenated alkanes) is 39. The van der Waals surface area contributed by atoms with E-state index in [2.05, 4.69) is 74.6 Å². The van der Waals surface area contributed by atoms with Gasteiger partial charge in [-0.3, -0.25) is 9.59 Å². The highest BCUT2D eigenvalue weighted by atomic mass is 16.7. The van der Waals surface area contributed by atoms with Crippen LogP contribution in [-0.4, -0.2) is 87.4 Å². The number of hydrogen-bond acceptors (Lipinski definition) is 7. The molecule has 0 bridgehead atoms. The van der Waals surface area contributed by atoms with E-state index in [1.54, 1.807) is 0 Å². The minimum atomic E-state index is -1.51. The minimum absolute atomic E-state index is 0.184. The summed E-state index contributed by atoms with van der Waals surface area (Å²) in [4.78, 5) is 37.6. The monoisotopic (exact) mass is 1140 g/mol. The van der Waals surface area contributed by atoms with Gasteiger partial charge in [0.15, 0.2) is 6.10 Å². The Balaban J connectivity index is 4.03. The van der Waals surface area contributed by atoms with Gasteiger partial charge >= 0.3 is 17.9 Å². The van der Waals surface area contributed by atoms with Gasteiger partial charge in [0, 0.05) is 12.8 Å². The second-order valence-electron chi connectivity index (χ2n) is 24.5. The number of hydrogen-bond donors (Lipinski definition) is 1. The zero-order chi connectivity index (χ0) is 59.1. The Morgan fingerprint density at radius 2 is 0.704 bits per heavy atom. The fourth-order valence-electron chi connectivity index (χ4n) is 10.0. The third kappa shape index (κ3) is 64.4. The largest absolute Gasteiger partial charge is 0.477 e. The molecule has 0 aliphatic heterocycles. The van der Waals surface area contributed by atoms with Gasteiger partial charge in [-0.05, 0) is 77.0 Å². The smallest absolute Gasteiger partial charge is 0.361 e. The molecule has 0 fully saturated rings. The maximum Gasteiger partial charge on any atom is 0.361 e. The molecule has 0 aromatic rings. The first-order valence-corrected chi connectivity index (χ1v) is 34.5. The fourth-order valence-corrected chi connectivity index (χ4v) is 10.0. The van der Waals surface area contributed by atoms with Crippen LogP contribution in [0.3, 0.4) is 0 Å². The number of carboxylic acid groups (broad SMARTS) is 1. The van der Waals surface area contributed by atoms with Crippen molar-refractivity contribution in [1.82, 2.24) is 0 Å². The first-order valence-electron chi connectivity index (χ1n) is 34.5. The number of nitrogens with zero attached hydrogens (tertiary/aromatic N) is 1. The maximum absolute atomic E-state index is 12.9. The Morgan fingerprint density at radius 1 is 0.383 bits per heavy atom. The lowest BCUT2D eigenvalue weighted by Gasteiger charge is -2.25. The first kappa shape index (κ1) is 78.0. The molecule has 81 heavy (non-hydrogen) atoms. The molecule has 0 spiro atoms. The van der Waals surface area contributed by atoms with Gasteiger partial charge in [0.25, 0.3) is 6.29 Å². The van der Waals surface area contributed by atoms with Crippen molar-refractivity contribution in [3.63, 3.8) is 0 Å². The molecule has 1 N–H and O–H groups in total. The van der Waals surface area contributed by atoms with E-state index in [9.17, 15) is 19.5 Å². The van der Waals surface area contributed by atoms with E-state index in [0.717, 1.165) is 70.6 Å². The van der Waals surface area contributed by atoms with E-state index in [0.29, 0.717) is 23.9 Å². The van der Waals surface area contributed by atoms with Gasteiger partial charge < -0.3 is 28.5 Å². The number of esters is 2. The Bertz CT molecular complexity index is 1510. The average molecular weight is 1140 g/mol. The highest BCUT2D eigenvalue weighted by Gasteiger charge is 2.25. The number of ether oxygens (including phenoxy) is 4. The van der Waals surface area contributed by atoms with Crippen molar-refractivity contribution < 1.29 is 42.9 Å². The van der Waals surface area contributed by atoms with Crippen molar-refractivity contribution in [1.29, 1.82) is 0 Å². The molecule has 0 heterocycles. The summed E-state index contributed by atoms with van der Waals surface area (Å²) in [6.07, 6.45) is 79.2. The van der Waals surface area contributed by atoms with Crippen LogP contribution in [0, 0.1) is 0 Å². The number of rotatable bonds is 64. The van der Waals surface area contributed by atoms with Gasteiger partial charge in [-0.15, -0.1) is 0 Å². The van der Waals surface area contributed by atoms with E-state index < -0.39 is 24.3 Å². The molecule has 0 saturated carbocycles. The molecular formula is C72H132NO8+. The van der Waals surface area contributed by atoms with Crippen LogP contribution in [0.2, 0.25) is 0 Å². The summed E-state index contributed by atoms with van der Waals surface area (Å²) in [7, 11) is 5.98. The molecule has 0 rings (SSSR count). The third-order valence-electron chi connectivity index (χ3n) is 15.3. The van der Waals surface area contributed by atoms with E-state index in [1.807, 2.05) is 21.1 Å². The van der Waals surface area contributed by atoms with Crippen LogP contribution in [0.5, 0.6) is 0 Å². The number of likely N-dealkylation sites (N-methyl/N-ethyl adjacent to an activating group) is 1. The molecule has 2 unspecified atom stereocenters. The Morgan fingerprint density at radius 3 is 1.06 bits per heavy atom. The predicted octanol–water partition coefficient (Wildman–Crippen LogP) is 21.1. The summed E-state index contributed by atoms with van der Waals surface area (Å²) in [6.45, 7) is 4.80. The zero-order valence-electron chi connectivity index (χ0n) is 53.9. The molecule has 472 valence electrons. The maximum atomic E-state index is 12.9. The van der Waals surface area contributed by atoms with Crippen molar-refractivity contribution >= 4 is 17.9 Å². The van der Waals surface area contributed by atoms with E-state index in [4.69, 9.17) is 18.9 Å². The van der Waals surface area contributed by atoms with Crippen molar-refractivity contribution in [2.75, 3.05) is 47.5 Å². The zero-order valence-corrected chi connectivity index (χ0v) is 53.9. The molecule has 2 atom stereocenters. The average Bonchev–Trinajstić information content (AvgIpc) is 3.44. The lowest BCUT2D eigenvalue weighted by molar-refractivity contribution is -0.870. The van der Waals surface area contributed by atoms with E-state index >= 15 is 0 Å². The summed E-state index contributed by atoms with van der Waals surface area (Å²) >= 11 is 0. The van der Waals surface area contributed by atoms with E-state index in [1.165, 1.54) is 218 Å². The molecule has 0 saturated heterocycles. The van der Waals surface area contributed by atoms with Gasteiger partial charge in [0.1, 0.15) is 13.2 Å². The Hall–Kier alpha value is -3.01. The summed E-state index contributed by atoms with van der Waals surface area (Å²) < 4.78 is 23.0. The molecule has 0 aliphatic rings. The highest BCUT2D eigenvalue weighted by molar-refractivity contribution is 5.71. The van der Waals surface area contributed by atoms with Crippen LogP contribution in [0.1, 0.15) is 322 Å². The summed E-state index contributed by atoms with van der Waals surface area (Å²) in [5, 5.41) is 9.73. The molecule has 9 nitrogen and oxygen atoms in total. The van der Waals surface area contributed by atoms with Crippen molar-refractivity contribution in [3.8, 4) is 0 Å². The standard InChI is InChI=1S/C72H131NO8/c1-6-8-10-12-14-16-18-20-22-24-26-28-29-30-31-32-33-34-35-36-37-38-39-40-41-43-44-46-48-50-52-54-56-58-60-62-69(74)79-66-68(67-80-72(71(76)77)78-65-64-73(3,4)5)81-70(75)63-61-59-57-55-53-51-49-47-45-42-27-25-23-21-19-17-15-13-11-9-7-2/h9,11,15,17,21,23-24,26-27,42,68,72H,6-8,10,12-14,16,18-20,22,25,28-41,43-67H2,1-5H3/p+1/b11-9-,17-15-,23-21-,26-24-,42-27-. The topological polar surface area (TPSA) is 108 Å². The van der Waals surface area contributed by atoms with E-state index in [-0.39, 0.29) is 32.2 Å². The lowest BCUT2D eigenvalue weighted by atomic mass is 10.0. The predicted molar refractivity (Wildman–Crippen MR) is 346 cm³/mol. The number of aliphatic carboxylic acids is 1. The Labute approximate surface area is 501 Å². The lowest BCUT2D eigenvalue weighted by Crippen LogP contribution is -2.40. The van der Waals surface area contributed by atoms with Crippen LogP contribution in [0.25, 0.3) is 0 Å². The second-order valence-corrected chi connectivity index (χ2v) is 24.5. The van der Waals surface area contributed by atoms with Crippen molar-refractivity contribution in [3.05, 3.63) is 60.8 Å². The molecule has 0 aromatic carbocycles. The summed E-state index contributed by atoms with van der Waals surface area (Å²) in [5.74, 6) is -2.00. The first-order chi connectivity index (χ1) is 39.6. The highest BCUT2D eigenvalue weighted by Crippen LogP contribution is 2.18. The van der Waals surface area contributed by atoms with Gasteiger partial charge in [-0.25, -0.2) is 4.79 Å². The summed E-state index contributed by atoms with van der Waals surface area (Å²) in [5.41, 5.74) is 0. The minimum Gasteiger partial charge on any atom is -0.477 e. The normalized spacial score (nSPS) is 13.0. The Kier molecular flexibility index (Phi) is 60.7. The number of carbonyl (C=O) groups excluding carboxylic acids is 2. The van der Waals surface area contributed by atoms with Crippen LogP contribution in [0.4, 0.5) is 0 Å². The molecule has 9 heteroatoms. The third-order valence-corrected chi connectivity index (χ3v) is 15.3. The molecule has 0 radical (unpaired) electrons. The quantitative estimate of drug-likeness (QED) is 0.0211. The number of allylic oxidation sites excluding steroid dienone is 10. The molecular weight excluding hydrogens is 1010 g/mol. The van der Waals surface area contributed by atoms with Gasteiger partial charge in [-0.2, -0.15) is 0 Å². The SMILES string of the molecule is CC/C=C\C/C=C\C/C=C\C/C=C\CCCCCCCCCCC(=O)OC(COC(=O)CCCCCCCCCCCCCCCCCCCCCCCCC/C=C\CCCCCCCCCC)COC(OCC[N+](C)(C)C)C(=O)O. The van der Waals surface area contributed by atoms with Crippen molar-refractivity contribution in [2.24, 2.45) is 0 Å². The fraction of sp³-hybridized carbons (Fsp3) is 0.819. The second kappa shape index (κ2) is 63.0. The molecule has 0 amide bonds. The van der Waals surface area contributed by atoms with Gasteiger partial charge in [-0.1, -0.05) is 293 Å². The number of carboxylic acids is 1. The van der Waals surface area contributed by atoms with Crippen LogP contribution in [0.15, 0.2) is 60.8 Å². The molecule has 0 aromatic heterocycles. The number of carbonyl (C=O) groups is 3. The van der Waals surface area contributed by atoms with Crippen LogP contribution >= 0.6 is 0 Å². The van der Waals surface area contributed by atoms with Crippen LogP contribution < -0.4 is 0 Å². The van der Waals surface area contributed by atoms with Crippen LogP contribution in [-0.2, 0) is 33.3 Å².